The second kappa shape index (κ2) is 19.1. The molecule has 0 unspecified atom stereocenters. The van der Waals surface area contributed by atoms with Gasteiger partial charge in [-0.15, -0.1) is 0 Å². The van der Waals surface area contributed by atoms with Gasteiger partial charge in [0.2, 0.25) is 0 Å². The van der Waals surface area contributed by atoms with E-state index in [1.807, 2.05) is 0 Å². The average Bonchev–Trinajstić information content (AvgIpc) is 2.19. The van der Waals surface area contributed by atoms with Crippen molar-refractivity contribution in [1.82, 2.24) is 0 Å². The summed E-state index contributed by atoms with van der Waals surface area (Å²) >= 11 is 0. The number of carbonyl (C=O) groups excluding carboxylic acids is 3. The van der Waals surface area contributed by atoms with Gasteiger partial charge in [0.05, 0.1) is 0 Å². The molecule has 0 aromatic rings. The zero-order chi connectivity index (χ0) is 12.9. The number of hydrogen-bond donors (Lipinski definition) is 0. The van der Waals surface area contributed by atoms with E-state index in [1.165, 1.54) is 20.8 Å². The van der Waals surface area contributed by atoms with Crippen LogP contribution < -0.4 is 15.3 Å². The molecule has 0 N–H and O–H groups in total. The van der Waals surface area contributed by atoms with E-state index in [1.54, 1.807) is 0 Å². The Morgan fingerprint density at radius 1 is 0.688 bits per heavy atom. The monoisotopic (exact) mass is 230 g/mol. The van der Waals surface area contributed by atoms with Gasteiger partial charge in [-0.25, -0.2) is 0 Å². The molecule has 0 saturated carbocycles. The van der Waals surface area contributed by atoms with Crippen LogP contribution in [0.5, 0.6) is 0 Å². The number of aliphatic carboxylic acids is 3. The van der Waals surface area contributed by atoms with E-state index >= 15 is 0 Å². The molecular weight excluding hydrogens is 215 g/mol. The van der Waals surface area contributed by atoms with Crippen LogP contribution in [0.2, 0.25) is 0 Å². The van der Waals surface area contributed by atoms with Crippen LogP contribution >= 0.6 is 0 Å². The molecule has 0 saturated heterocycles. The first-order valence-corrected chi connectivity index (χ1v) is 4.41. The topological polar surface area (TPSA) is 120 Å². The fourth-order valence-electron chi connectivity index (χ4n) is 0. The first kappa shape index (κ1) is 24.0. The summed E-state index contributed by atoms with van der Waals surface area (Å²) < 4.78 is 0. The van der Waals surface area contributed by atoms with Gasteiger partial charge in [-0.1, -0.05) is 20.8 Å². The summed E-state index contributed by atoms with van der Waals surface area (Å²) in [5.74, 6) is -2.99. The predicted molar refractivity (Wildman–Crippen MR) is 51.6 cm³/mol. The number of carboxylic acids is 3. The first-order chi connectivity index (χ1) is 6.81. The SMILES string of the molecule is CCC(=O)[O-].CCC(=O)[O-].CCC(=O)[O-].[B+3]. The van der Waals surface area contributed by atoms with Crippen LogP contribution in [0.1, 0.15) is 40.0 Å². The second-order valence-electron chi connectivity index (χ2n) is 2.18. The van der Waals surface area contributed by atoms with Crippen molar-refractivity contribution in [3.63, 3.8) is 0 Å². The van der Waals surface area contributed by atoms with Crippen molar-refractivity contribution in [2.24, 2.45) is 0 Å². The molecule has 0 aliphatic heterocycles. The van der Waals surface area contributed by atoms with Crippen molar-refractivity contribution in [3.05, 3.63) is 0 Å². The van der Waals surface area contributed by atoms with Crippen molar-refractivity contribution >= 4 is 26.3 Å². The van der Waals surface area contributed by atoms with Gasteiger partial charge in [0.1, 0.15) is 0 Å². The summed E-state index contributed by atoms with van der Waals surface area (Å²) in [6.07, 6.45) is 0.333. The zero-order valence-corrected chi connectivity index (χ0v) is 9.65. The standard InChI is InChI=1S/3C3H6O2.B/c3*1-2-3(4)5;/h3*2H2,1H3,(H,4,5);/q;;;+3/p-3. The first-order valence-electron chi connectivity index (χ1n) is 4.41. The van der Waals surface area contributed by atoms with Crippen LogP contribution in [0.4, 0.5) is 0 Å². The Kier molecular flexibility index (Phi) is 28.6. The van der Waals surface area contributed by atoms with Crippen LogP contribution in [-0.4, -0.2) is 26.3 Å². The Balaban J connectivity index is -0.0000000655. The Morgan fingerprint density at radius 2 is 0.750 bits per heavy atom. The van der Waals surface area contributed by atoms with Crippen molar-refractivity contribution < 1.29 is 29.7 Å². The van der Waals surface area contributed by atoms with Crippen LogP contribution in [0.15, 0.2) is 0 Å². The van der Waals surface area contributed by atoms with E-state index < -0.39 is 17.9 Å². The van der Waals surface area contributed by atoms with Gasteiger partial charge < -0.3 is 29.7 Å². The number of carboxylic acid groups (broad SMARTS) is 3. The minimum Gasteiger partial charge on any atom is -0.550 e. The maximum absolute atomic E-state index is 9.26. The van der Waals surface area contributed by atoms with E-state index in [0.717, 1.165) is 0 Å². The Hall–Kier alpha value is -1.53. The molecule has 0 aliphatic rings. The Bertz CT molecular complexity index is 159. The van der Waals surface area contributed by atoms with Crippen molar-refractivity contribution in [2.75, 3.05) is 0 Å². The normalized spacial score (nSPS) is 6.94. The van der Waals surface area contributed by atoms with E-state index in [-0.39, 0.29) is 27.7 Å². The average molecular weight is 230 g/mol. The van der Waals surface area contributed by atoms with Crippen LogP contribution in [0.25, 0.3) is 0 Å². The molecule has 0 aromatic carbocycles. The fraction of sp³-hybridized carbons (Fsp3) is 0.667. The molecular formula is C9H15BO6. The molecule has 0 radical (unpaired) electrons. The Morgan fingerprint density at radius 3 is 0.750 bits per heavy atom. The third kappa shape index (κ3) is 82.0. The van der Waals surface area contributed by atoms with Gasteiger partial charge in [-0.3, -0.25) is 0 Å². The smallest absolute Gasteiger partial charge is 0.550 e. The van der Waals surface area contributed by atoms with Crippen molar-refractivity contribution in [1.29, 1.82) is 0 Å². The fourth-order valence-corrected chi connectivity index (χ4v) is 0. The molecule has 0 atom stereocenters. The van der Waals surface area contributed by atoms with E-state index in [4.69, 9.17) is 0 Å². The molecule has 0 amide bonds. The molecule has 7 heteroatoms. The molecule has 6 nitrogen and oxygen atoms in total. The maximum atomic E-state index is 9.26. The van der Waals surface area contributed by atoms with Crippen LogP contribution in [0, 0.1) is 0 Å². The van der Waals surface area contributed by atoms with Crippen molar-refractivity contribution in [2.45, 2.75) is 40.0 Å². The zero-order valence-electron chi connectivity index (χ0n) is 9.65. The Labute approximate surface area is 96.9 Å². The molecule has 0 aromatic heterocycles. The summed E-state index contributed by atoms with van der Waals surface area (Å²) in [6.45, 7) is 4.61. The minimum absolute atomic E-state index is 0. The van der Waals surface area contributed by atoms with Crippen LogP contribution in [0.3, 0.4) is 0 Å². The van der Waals surface area contributed by atoms with Gasteiger partial charge in [-0.05, 0) is 19.3 Å². The van der Waals surface area contributed by atoms with Gasteiger partial charge in [-0.2, -0.15) is 0 Å². The second-order valence-corrected chi connectivity index (χ2v) is 2.18. The van der Waals surface area contributed by atoms with Gasteiger partial charge in [0, 0.05) is 17.9 Å². The maximum Gasteiger partial charge on any atom is 3.00 e. The van der Waals surface area contributed by atoms with Gasteiger partial charge in [0.15, 0.2) is 0 Å². The number of carbonyl (C=O) groups is 3. The van der Waals surface area contributed by atoms with E-state index in [9.17, 15) is 29.7 Å². The minimum atomic E-state index is -0.995. The summed E-state index contributed by atoms with van der Waals surface area (Å²) in [4.78, 5) is 27.8. The summed E-state index contributed by atoms with van der Waals surface area (Å²) in [5.41, 5.74) is 0. The van der Waals surface area contributed by atoms with Crippen molar-refractivity contribution in [3.8, 4) is 0 Å². The molecule has 0 fully saturated rings. The molecule has 90 valence electrons. The largest absolute Gasteiger partial charge is 3.00 e. The molecule has 0 aliphatic carbocycles. The third-order valence-electron chi connectivity index (χ3n) is 0.866. The number of rotatable bonds is 3. The molecule has 0 rings (SSSR count). The molecule has 16 heavy (non-hydrogen) atoms. The van der Waals surface area contributed by atoms with Gasteiger partial charge in [0.25, 0.3) is 0 Å². The van der Waals surface area contributed by atoms with E-state index in [2.05, 4.69) is 0 Å². The summed E-state index contributed by atoms with van der Waals surface area (Å²) in [6, 6.07) is 0. The van der Waals surface area contributed by atoms with Gasteiger partial charge >= 0.3 is 8.41 Å². The molecule has 0 bridgehead atoms. The summed E-state index contributed by atoms with van der Waals surface area (Å²) in [7, 11) is 0. The molecule has 0 spiro atoms. The quantitative estimate of drug-likeness (QED) is 0.478. The third-order valence-corrected chi connectivity index (χ3v) is 0.866. The summed E-state index contributed by atoms with van der Waals surface area (Å²) in [5, 5.41) is 27.8. The predicted octanol–water partition coefficient (Wildman–Crippen LogP) is -2.94. The van der Waals surface area contributed by atoms with Crippen LogP contribution in [-0.2, 0) is 14.4 Å². The molecule has 0 heterocycles. The number of hydrogen-bond acceptors (Lipinski definition) is 6. The van der Waals surface area contributed by atoms with E-state index in [0.29, 0.717) is 0 Å².